The van der Waals surface area contributed by atoms with Crippen LogP contribution in [-0.2, 0) is 32.6 Å². The summed E-state index contributed by atoms with van der Waals surface area (Å²) in [6.45, 7) is 7.97. The predicted octanol–water partition coefficient (Wildman–Crippen LogP) is 4.48. The maximum atomic E-state index is 14.1. The molecule has 3 aromatic carbocycles. The summed E-state index contributed by atoms with van der Waals surface area (Å²) in [4.78, 5) is 29.2. The SMILES string of the molecule is Cc1cccc(N(CC(=O)N(Cc2ccccc2)C(Cc2ccccc2)C(=O)NCC(C)C)S(C)(=O)=O)c1C. The predicted molar refractivity (Wildman–Crippen MR) is 157 cm³/mol. The van der Waals surface area contributed by atoms with E-state index in [0.717, 1.165) is 32.8 Å². The molecule has 0 heterocycles. The summed E-state index contributed by atoms with van der Waals surface area (Å²) in [7, 11) is -3.80. The average molecular weight is 550 g/mol. The molecule has 0 bridgehead atoms. The fraction of sp³-hybridized carbons (Fsp3) is 0.355. The van der Waals surface area contributed by atoms with Crippen LogP contribution in [-0.4, -0.2) is 50.5 Å². The summed E-state index contributed by atoms with van der Waals surface area (Å²) in [6, 6.07) is 23.5. The van der Waals surface area contributed by atoms with Crippen molar-refractivity contribution in [2.75, 3.05) is 23.7 Å². The zero-order valence-electron chi connectivity index (χ0n) is 23.4. The Kier molecular flexibility index (Phi) is 10.3. The topological polar surface area (TPSA) is 86.8 Å². The van der Waals surface area contributed by atoms with Crippen LogP contribution in [0.4, 0.5) is 5.69 Å². The molecule has 0 aliphatic rings. The highest BCUT2D eigenvalue weighted by Gasteiger charge is 2.33. The van der Waals surface area contributed by atoms with Crippen molar-refractivity contribution in [2.24, 2.45) is 5.92 Å². The molecule has 3 rings (SSSR count). The lowest BCUT2D eigenvalue weighted by molar-refractivity contribution is -0.140. The number of sulfonamides is 1. The lowest BCUT2D eigenvalue weighted by Crippen LogP contribution is -2.53. The van der Waals surface area contributed by atoms with E-state index in [4.69, 9.17) is 0 Å². The molecule has 208 valence electrons. The Morgan fingerprint density at radius 2 is 1.44 bits per heavy atom. The van der Waals surface area contributed by atoms with Gasteiger partial charge in [-0.1, -0.05) is 86.6 Å². The second-order valence-electron chi connectivity index (χ2n) is 10.3. The first-order chi connectivity index (χ1) is 18.5. The number of amides is 2. The standard InChI is InChI=1S/C31H39N3O4S/c1-23(2)20-32-31(36)29(19-26-14-8-6-9-15-26)33(21-27-16-10-7-11-17-27)30(35)22-34(39(5,37)38)28-18-12-13-24(3)25(28)4/h6-18,23,29H,19-22H2,1-5H3,(H,32,36). The van der Waals surface area contributed by atoms with Gasteiger partial charge in [0.25, 0.3) is 0 Å². The van der Waals surface area contributed by atoms with E-state index in [1.54, 1.807) is 12.1 Å². The van der Waals surface area contributed by atoms with Gasteiger partial charge in [-0.25, -0.2) is 8.42 Å². The van der Waals surface area contributed by atoms with Crippen molar-refractivity contribution in [1.82, 2.24) is 10.2 Å². The third-order valence-electron chi connectivity index (χ3n) is 6.68. The minimum absolute atomic E-state index is 0.163. The number of hydrogen-bond donors (Lipinski definition) is 1. The first-order valence-electron chi connectivity index (χ1n) is 13.2. The van der Waals surface area contributed by atoms with E-state index in [-0.39, 0.29) is 18.4 Å². The van der Waals surface area contributed by atoms with Gasteiger partial charge in [-0.05, 0) is 48.1 Å². The fourth-order valence-electron chi connectivity index (χ4n) is 4.36. The molecule has 2 amide bonds. The van der Waals surface area contributed by atoms with Crippen molar-refractivity contribution >= 4 is 27.5 Å². The van der Waals surface area contributed by atoms with Crippen molar-refractivity contribution < 1.29 is 18.0 Å². The van der Waals surface area contributed by atoms with Crippen molar-refractivity contribution in [3.63, 3.8) is 0 Å². The second-order valence-corrected chi connectivity index (χ2v) is 12.2. The summed E-state index contributed by atoms with van der Waals surface area (Å²) in [6.07, 6.45) is 1.39. The van der Waals surface area contributed by atoms with Gasteiger partial charge in [-0.2, -0.15) is 0 Å². The third-order valence-corrected chi connectivity index (χ3v) is 7.80. The Morgan fingerprint density at radius 3 is 2.00 bits per heavy atom. The molecule has 3 aromatic rings. The summed E-state index contributed by atoms with van der Waals surface area (Å²) in [5.74, 6) is -0.491. The number of rotatable bonds is 12. The first kappa shape index (κ1) is 29.9. The molecule has 1 N–H and O–H groups in total. The van der Waals surface area contributed by atoms with Gasteiger partial charge >= 0.3 is 0 Å². The molecule has 0 saturated heterocycles. The molecule has 39 heavy (non-hydrogen) atoms. The highest BCUT2D eigenvalue weighted by Crippen LogP contribution is 2.26. The number of carbonyl (C=O) groups is 2. The Bertz CT molecular complexity index is 1360. The van der Waals surface area contributed by atoms with Crippen LogP contribution in [0.2, 0.25) is 0 Å². The molecule has 7 nitrogen and oxygen atoms in total. The van der Waals surface area contributed by atoms with Crippen LogP contribution in [0, 0.1) is 19.8 Å². The van der Waals surface area contributed by atoms with Crippen LogP contribution in [0.15, 0.2) is 78.9 Å². The normalized spacial score (nSPS) is 12.2. The molecule has 8 heteroatoms. The average Bonchev–Trinajstić information content (AvgIpc) is 2.90. The third kappa shape index (κ3) is 8.42. The number of carbonyl (C=O) groups excluding carboxylic acids is 2. The summed E-state index contributed by atoms with van der Waals surface area (Å²) in [5, 5.41) is 2.99. The Labute approximate surface area is 232 Å². The number of nitrogens with one attached hydrogen (secondary N) is 1. The van der Waals surface area contributed by atoms with E-state index < -0.39 is 28.5 Å². The van der Waals surface area contributed by atoms with Crippen LogP contribution in [0.5, 0.6) is 0 Å². The monoisotopic (exact) mass is 549 g/mol. The van der Waals surface area contributed by atoms with Gasteiger partial charge < -0.3 is 10.2 Å². The lowest BCUT2D eigenvalue weighted by atomic mass is 10.0. The summed E-state index contributed by atoms with van der Waals surface area (Å²) >= 11 is 0. The number of benzene rings is 3. The van der Waals surface area contributed by atoms with Gasteiger partial charge in [0.15, 0.2) is 0 Å². The zero-order valence-corrected chi connectivity index (χ0v) is 24.2. The van der Waals surface area contributed by atoms with Crippen molar-refractivity contribution in [3.8, 4) is 0 Å². The number of aryl methyl sites for hydroxylation is 1. The molecular formula is C31H39N3O4S. The van der Waals surface area contributed by atoms with Crippen molar-refractivity contribution in [1.29, 1.82) is 0 Å². The van der Waals surface area contributed by atoms with Crippen LogP contribution in [0.3, 0.4) is 0 Å². The second kappa shape index (κ2) is 13.4. The highest BCUT2D eigenvalue weighted by atomic mass is 32.2. The maximum absolute atomic E-state index is 14.1. The van der Waals surface area contributed by atoms with E-state index >= 15 is 0 Å². The Morgan fingerprint density at radius 1 is 0.846 bits per heavy atom. The molecule has 1 unspecified atom stereocenters. The van der Waals surface area contributed by atoms with Gasteiger partial charge in [0.1, 0.15) is 12.6 Å². The van der Waals surface area contributed by atoms with Gasteiger partial charge in [-0.15, -0.1) is 0 Å². The molecule has 0 aliphatic carbocycles. The van der Waals surface area contributed by atoms with E-state index in [1.165, 1.54) is 4.90 Å². The molecule has 0 saturated carbocycles. The zero-order chi connectivity index (χ0) is 28.6. The minimum atomic E-state index is -3.80. The van der Waals surface area contributed by atoms with Crippen molar-refractivity contribution in [3.05, 3.63) is 101 Å². The van der Waals surface area contributed by atoms with Crippen LogP contribution < -0.4 is 9.62 Å². The molecule has 1 atom stereocenters. The molecular weight excluding hydrogens is 510 g/mol. The van der Waals surface area contributed by atoms with Crippen molar-refractivity contribution in [2.45, 2.75) is 46.7 Å². The molecule has 0 spiro atoms. The molecule has 0 fully saturated rings. The maximum Gasteiger partial charge on any atom is 0.244 e. The first-order valence-corrected chi connectivity index (χ1v) is 15.0. The number of nitrogens with zero attached hydrogens (tertiary/aromatic N) is 2. The smallest absolute Gasteiger partial charge is 0.244 e. The van der Waals surface area contributed by atoms with Crippen LogP contribution >= 0.6 is 0 Å². The summed E-state index contributed by atoms with van der Waals surface area (Å²) in [5.41, 5.74) is 3.90. The molecule has 0 aliphatic heterocycles. The van der Waals surface area contributed by atoms with Gasteiger partial charge in [0.05, 0.1) is 11.9 Å². The van der Waals surface area contributed by atoms with E-state index in [2.05, 4.69) is 5.32 Å². The Balaban J connectivity index is 2.05. The Hall–Kier alpha value is -3.65. The quantitative estimate of drug-likeness (QED) is 0.361. The molecule has 0 radical (unpaired) electrons. The largest absolute Gasteiger partial charge is 0.354 e. The number of anilines is 1. The van der Waals surface area contributed by atoms with Gasteiger partial charge in [0.2, 0.25) is 21.8 Å². The van der Waals surface area contributed by atoms with Gasteiger partial charge in [0, 0.05) is 19.5 Å². The van der Waals surface area contributed by atoms with E-state index in [0.29, 0.717) is 18.7 Å². The number of hydrogen-bond acceptors (Lipinski definition) is 4. The van der Waals surface area contributed by atoms with Crippen LogP contribution in [0.1, 0.15) is 36.1 Å². The fourth-order valence-corrected chi connectivity index (χ4v) is 5.26. The highest BCUT2D eigenvalue weighted by molar-refractivity contribution is 7.92. The van der Waals surface area contributed by atoms with Crippen LogP contribution in [0.25, 0.3) is 0 Å². The van der Waals surface area contributed by atoms with E-state index in [9.17, 15) is 18.0 Å². The van der Waals surface area contributed by atoms with Gasteiger partial charge in [-0.3, -0.25) is 13.9 Å². The minimum Gasteiger partial charge on any atom is -0.354 e. The van der Waals surface area contributed by atoms with E-state index in [1.807, 2.05) is 94.4 Å². The molecule has 0 aromatic heterocycles. The summed E-state index contributed by atoms with van der Waals surface area (Å²) < 4.78 is 27.1. The lowest BCUT2D eigenvalue weighted by Gasteiger charge is -2.34.